The molecular weight excluding hydrogens is 493 g/mol. The van der Waals surface area contributed by atoms with Crippen molar-refractivity contribution in [2.24, 2.45) is 0 Å². The van der Waals surface area contributed by atoms with E-state index >= 15 is 0 Å². The number of halogens is 5. The Morgan fingerprint density at radius 3 is 2.22 bits per heavy atom. The van der Waals surface area contributed by atoms with Gasteiger partial charge < -0.3 is 16.0 Å². The zero-order valence-electron chi connectivity index (χ0n) is 18.9. The summed E-state index contributed by atoms with van der Waals surface area (Å²) in [6.07, 6.45) is -2.11. The van der Waals surface area contributed by atoms with Crippen LogP contribution in [0, 0.1) is 11.6 Å². The van der Waals surface area contributed by atoms with Crippen molar-refractivity contribution < 1.29 is 26.7 Å². The van der Waals surface area contributed by atoms with Crippen molar-refractivity contribution in [3.05, 3.63) is 103 Å². The van der Waals surface area contributed by atoms with Gasteiger partial charge in [0, 0.05) is 23.1 Å². The Morgan fingerprint density at radius 2 is 1.57 bits per heavy atom. The Hall–Kier alpha value is -4.80. The highest BCUT2D eigenvalue weighted by Gasteiger charge is 2.30. The number of nitrogens with zero attached hydrogens (tertiary/aromatic N) is 2. The molecule has 1 aromatic heterocycles. The standard InChI is InChI=1S/C26H18F5N5O/c1-2-23(37)33-19-11-12-21(28)22(13-19)35-24-20(15-3-5-16(6-4-15)26(29,30)31)14-32-25(36-24)34-18-9-7-17(27)8-10-18/h2-14H,1H2,(H,33,37)(H2,32,34,35,36). The van der Waals surface area contributed by atoms with E-state index in [1.54, 1.807) is 0 Å². The molecule has 0 unspecified atom stereocenters. The smallest absolute Gasteiger partial charge is 0.337 e. The minimum absolute atomic E-state index is 0.0568. The van der Waals surface area contributed by atoms with Crippen LogP contribution in [0.15, 0.2) is 85.6 Å². The van der Waals surface area contributed by atoms with Gasteiger partial charge in [0.2, 0.25) is 11.9 Å². The molecule has 3 aromatic carbocycles. The van der Waals surface area contributed by atoms with E-state index in [0.717, 1.165) is 24.3 Å². The monoisotopic (exact) mass is 511 g/mol. The molecule has 188 valence electrons. The highest BCUT2D eigenvalue weighted by Crippen LogP contribution is 2.34. The van der Waals surface area contributed by atoms with Gasteiger partial charge in [-0.25, -0.2) is 13.8 Å². The van der Waals surface area contributed by atoms with Gasteiger partial charge in [0.15, 0.2) is 0 Å². The van der Waals surface area contributed by atoms with Crippen LogP contribution < -0.4 is 16.0 Å². The highest BCUT2D eigenvalue weighted by molar-refractivity contribution is 5.99. The molecule has 0 saturated heterocycles. The molecule has 1 amide bonds. The fraction of sp³-hybridized carbons (Fsp3) is 0.0385. The Balaban J connectivity index is 1.74. The number of aromatic nitrogens is 2. The fourth-order valence-corrected chi connectivity index (χ4v) is 3.27. The topological polar surface area (TPSA) is 78.9 Å². The van der Waals surface area contributed by atoms with Crippen molar-refractivity contribution in [2.75, 3.05) is 16.0 Å². The number of hydrogen-bond donors (Lipinski definition) is 3. The summed E-state index contributed by atoms with van der Waals surface area (Å²) in [4.78, 5) is 20.2. The molecule has 3 N–H and O–H groups in total. The number of carbonyl (C=O) groups is 1. The van der Waals surface area contributed by atoms with E-state index < -0.39 is 29.3 Å². The Morgan fingerprint density at radius 1 is 0.892 bits per heavy atom. The van der Waals surface area contributed by atoms with E-state index in [-0.39, 0.29) is 28.7 Å². The first-order valence-corrected chi connectivity index (χ1v) is 10.7. The van der Waals surface area contributed by atoms with E-state index in [1.807, 2.05) is 0 Å². The first-order valence-electron chi connectivity index (χ1n) is 10.7. The van der Waals surface area contributed by atoms with Crippen LogP contribution in [0.1, 0.15) is 5.56 Å². The maximum Gasteiger partial charge on any atom is 0.416 e. The molecule has 0 atom stereocenters. The first kappa shape index (κ1) is 25.3. The number of alkyl halides is 3. The number of carbonyl (C=O) groups excluding carboxylic acids is 1. The van der Waals surface area contributed by atoms with Crippen LogP contribution in [0.2, 0.25) is 0 Å². The van der Waals surface area contributed by atoms with Crippen LogP contribution >= 0.6 is 0 Å². The third kappa shape index (κ3) is 6.26. The molecule has 0 fully saturated rings. The van der Waals surface area contributed by atoms with Crippen molar-refractivity contribution in [1.29, 1.82) is 0 Å². The third-order valence-corrected chi connectivity index (χ3v) is 5.08. The molecule has 0 saturated carbocycles. The summed E-state index contributed by atoms with van der Waals surface area (Å²) in [6, 6.07) is 13.5. The van der Waals surface area contributed by atoms with Crippen LogP contribution in [-0.4, -0.2) is 15.9 Å². The molecule has 4 rings (SSSR count). The van der Waals surface area contributed by atoms with E-state index in [9.17, 15) is 26.7 Å². The molecule has 1 heterocycles. The number of rotatable bonds is 7. The summed E-state index contributed by atoms with van der Waals surface area (Å²) in [5, 5.41) is 8.23. The van der Waals surface area contributed by atoms with Crippen LogP contribution in [0.25, 0.3) is 11.1 Å². The molecule has 6 nitrogen and oxygen atoms in total. The molecule has 0 spiro atoms. The van der Waals surface area contributed by atoms with Crippen molar-refractivity contribution in [3.63, 3.8) is 0 Å². The van der Waals surface area contributed by atoms with Crippen LogP contribution in [0.4, 0.5) is 50.8 Å². The summed E-state index contributed by atoms with van der Waals surface area (Å²) >= 11 is 0. The average molecular weight is 511 g/mol. The molecule has 0 bridgehead atoms. The van der Waals surface area contributed by atoms with Crippen LogP contribution in [-0.2, 0) is 11.0 Å². The zero-order valence-corrected chi connectivity index (χ0v) is 18.9. The van der Waals surface area contributed by atoms with Crippen molar-refractivity contribution >= 4 is 34.7 Å². The van der Waals surface area contributed by atoms with E-state index in [2.05, 4.69) is 32.5 Å². The normalized spacial score (nSPS) is 11.1. The van der Waals surface area contributed by atoms with E-state index in [4.69, 9.17) is 0 Å². The molecule has 0 aliphatic heterocycles. The lowest BCUT2D eigenvalue weighted by Gasteiger charge is -2.15. The van der Waals surface area contributed by atoms with Gasteiger partial charge in [-0.1, -0.05) is 18.7 Å². The lowest BCUT2D eigenvalue weighted by molar-refractivity contribution is -0.137. The van der Waals surface area contributed by atoms with Crippen LogP contribution in [0.3, 0.4) is 0 Å². The molecule has 37 heavy (non-hydrogen) atoms. The van der Waals surface area contributed by atoms with E-state index in [1.165, 1.54) is 54.7 Å². The predicted octanol–water partition coefficient (Wildman–Crippen LogP) is 7.05. The van der Waals surface area contributed by atoms with E-state index in [0.29, 0.717) is 11.3 Å². The minimum atomic E-state index is -4.52. The summed E-state index contributed by atoms with van der Waals surface area (Å²) < 4.78 is 67.0. The van der Waals surface area contributed by atoms with Crippen molar-refractivity contribution in [1.82, 2.24) is 9.97 Å². The molecule has 0 radical (unpaired) electrons. The predicted molar refractivity (Wildman–Crippen MR) is 131 cm³/mol. The van der Waals surface area contributed by atoms with Crippen molar-refractivity contribution in [3.8, 4) is 11.1 Å². The largest absolute Gasteiger partial charge is 0.416 e. The number of nitrogens with one attached hydrogen (secondary N) is 3. The molecule has 11 heteroatoms. The SMILES string of the molecule is C=CC(=O)Nc1ccc(F)c(Nc2nc(Nc3ccc(F)cc3)ncc2-c2ccc(C(F)(F)F)cc2)c1. The van der Waals surface area contributed by atoms with Gasteiger partial charge in [0.05, 0.1) is 11.3 Å². The van der Waals surface area contributed by atoms with Crippen LogP contribution in [0.5, 0.6) is 0 Å². The highest BCUT2D eigenvalue weighted by atomic mass is 19.4. The van der Waals surface area contributed by atoms with Gasteiger partial charge >= 0.3 is 6.18 Å². The lowest BCUT2D eigenvalue weighted by Crippen LogP contribution is -2.08. The second kappa shape index (κ2) is 10.4. The summed E-state index contributed by atoms with van der Waals surface area (Å²) in [6.45, 7) is 3.36. The van der Waals surface area contributed by atoms with Gasteiger partial charge in [-0.15, -0.1) is 0 Å². The fourth-order valence-electron chi connectivity index (χ4n) is 3.27. The number of anilines is 5. The summed E-state index contributed by atoms with van der Waals surface area (Å²) in [5.74, 6) is -1.51. The Labute approximate surface area is 207 Å². The second-order valence-corrected chi connectivity index (χ2v) is 7.68. The van der Waals surface area contributed by atoms with Gasteiger partial charge in [0.25, 0.3) is 0 Å². The Bertz CT molecular complexity index is 1440. The number of benzene rings is 3. The molecule has 0 aliphatic rings. The molecular formula is C26H18F5N5O. The van der Waals surface area contributed by atoms with Crippen molar-refractivity contribution in [2.45, 2.75) is 6.18 Å². The summed E-state index contributed by atoms with van der Waals surface area (Å²) in [7, 11) is 0. The third-order valence-electron chi connectivity index (χ3n) is 5.08. The Kier molecular flexibility index (Phi) is 7.14. The lowest BCUT2D eigenvalue weighted by atomic mass is 10.1. The molecule has 0 aliphatic carbocycles. The second-order valence-electron chi connectivity index (χ2n) is 7.68. The van der Waals surface area contributed by atoms with Gasteiger partial charge in [0.1, 0.15) is 17.5 Å². The number of amides is 1. The zero-order chi connectivity index (χ0) is 26.6. The summed E-state index contributed by atoms with van der Waals surface area (Å²) in [5.41, 5.74) is 0.441. The first-order chi connectivity index (χ1) is 17.6. The average Bonchev–Trinajstić information content (AvgIpc) is 2.87. The minimum Gasteiger partial charge on any atom is -0.337 e. The van der Waals surface area contributed by atoms with Gasteiger partial charge in [-0.3, -0.25) is 4.79 Å². The number of hydrogen-bond acceptors (Lipinski definition) is 5. The molecule has 4 aromatic rings. The van der Waals surface area contributed by atoms with Gasteiger partial charge in [-0.2, -0.15) is 18.2 Å². The maximum atomic E-state index is 14.7. The van der Waals surface area contributed by atoms with Gasteiger partial charge in [-0.05, 0) is 66.2 Å². The quantitative estimate of drug-likeness (QED) is 0.183. The maximum absolute atomic E-state index is 14.7.